The fourth-order valence-corrected chi connectivity index (χ4v) is 2.93. The summed E-state index contributed by atoms with van der Waals surface area (Å²) < 4.78 is 5.96. The highest BCUT2D eigenvalue weighted by atomic mass is 35.5. The molecule has 1 fully saturated rings. The number of morpholine rings is 1. The molecule has 2 aromatic carbocycles. The largest absolute Gasteiger partial charge is 0.350 e. The van der Waals surface area contributed by atoms with Gasteiger partial charge < -0.3 is 15.8 Å². The maximum Gasteiger partial charge on any atom is 0.119 e. The minimum Gasteiger partial charge on any atom is -0.350 e. The first kappa shape index (κ1) is 14.5. The van der Waals surface area contributed by atoms with Gasteiger partial charge in [0.15, 0.2) is 0 Å². The number of halogens is 1. The summed E-state index contributed by atoms with van der Waals surface area (Å²) in [7, 11) is 0. The Morgan fingerprint density at radius 2 is 1.90 bits per heavy atom. The minimum atomic E-state index is -0.410. The van der Waals surface area contributed by atoms with Gasteiger partial charge in [-0.3, -0.25) is 0 Å². The van der Waals surface area contributed by atoms with Crippen molar-refractivity contribution in [3.63, 3.8) is 0 Å². The van der Waals surface area contributed by atoms with Crippen LogP contribution in [-0.4, -0.2) is 19.3 Å². The van der Waals surface area contributed by atoms with Crippen molar-refractivity contribution < 1.29 is 4.74 Å². The molecule has 2 aromatic rings. The topological polar surface area (TPSA) is 47.3 Å². The molecule has 1 heterocycles. The number of benzene rings is 2. The Balaban J connectivity index is 1.96. The monoisotopic (exact) mass is 302 g/mol. The van der Waals surface area contributed by atoms with E-state index in [0.29, 0.717) is 6.54 Å². The quantitative estimate of drug-likeness (QED) is 0.896. The van der Waals surface area contributed by atoms with Crippen LogP contribution in [0, 0.1) is 0 Å². The number of nitrogens with one attached hydrogen (secondary N) is 1. The molecule has 1 saturated heterocycles. The van der Waals surface area contributed by atoms with Gasteiger partial charge in [0.05, 0.1) is 0 Å². The third-order valence-electron chi connectivity index (χ3n) is 3.85. The van der Waals surface area contributed by atoms with Gasteiger partial charge in [0.1, 0.15) is 11.8 Å². The molecule has 1 aliphatic heterocycles. The standard InChI is InChI=1S/C17H19ClN2O/c1-17(11-20-10-16(19)21-17)14-6-2-4-12(8-14)13-5-3-7-15(18)9-13/h2-9,16,20H,10-11,19H2,1H3. The molecule has 1 aliphatic rings. The summed E-state index contributed by atoms with van der Waals surface area (Å²) in [6.45, 7) is 3.50. The van der Waals surface area contributed by atoms with E-state index in [9.17, 15) is 0 Å². The van der Waals surface area contributed by atoms with Crippen LogP contribution in [0.4, 0.5) is 0 Å². The van der Waals surface area contributed by atoms with Gasteiger partial charge in [-0.1, -0.05) is 41.9 Å². The second-order valence-electron chi connectivity index (χ2n) is 5.61. The van der Waals surface area contributed by atoms with Crippen molar-refractivity contribution in [3.05, 3.63) is 59.1 Å². The van der Waals surface area contributed by atoms with Crippen molar-refractivity contribution in [3.8, 4) is 11.1 Å². The highest BCUT2D eigenvalue weighted by Gasteiger charge is 2.33. The second-order valence-corrected chi connectivity index (χ2v) is 6.05. The molecule has 0 aliphatic carbocycles. The zero-order valence-corrected chi connectivity index (χ0v) is 12.7. The first-order valence-corrected chi connectivity index (χ1v) is 7.45. The van der Waals surface area contributed by atoms with Gasteiger partial charge in [0.2, 0.25) is 0 Å². The van der Waals surface area contributed by atoms with Crippen molar-refractivity contribution in [1.29, 1.82) is 0 Å². The van der Waals surface area contributed by atoms with Crippen molar-refractivity contribution in [2.45, 2.75) is 18.8 Å². The molecule has 3 nitrogen and oxygen atoms in total. The van der Waals surface area contributed by atoms with Crippen molar-refractivity contribution in [2.75, 3.05) is 13.1 Å². The Bertz CT molecular complexity index is 646. The lowest BCUT2D eigenvalue weighted by atomic mass is 9.91. The van der Waals surface area contributed by atoms with E-state index in [1.54, 1.807) is 0 Å². The predicted octanol–water partition coefficient (Wildman–Crippen LogP) is 3.13. The molecular weight excluding hydrogens is 284 g/mol. The lowest BCUT2D eigenvalue weighted by Crippen LogP contribution is -2.53. The Kier molecular flexibility index (Phi) is 4.00. The lowest BCUT2D eigenvalue weighted by molar-refractivity contribution is -0.107. The van der Waals surface area contributed by atoms with Gasteiger partial charge >= 0.3 is 0 Å². The summed E-state index contributed by atoms with van der Waals surface area (Å²) in [5.74, 6) is 0. The third-order valence-corrected chi connectivity index (χ3v) is 4.09. The van der Waals surface area contributed by atoms with E-state index in [-0.39, 0.29) is 6.23 Å². The molecule has 0 saturated carbocycles. The van der Waals surface area contributed by atoms with Crippen LogP contribution in [0.1, 0.15) is 12.5 Å². The van der Waals surface area contributed by atoms with Crippen molar-refractivity contribution >= 4 is 11.6 Å². The molecule has 3 N–H and O–H groups in total. The molecule has 0 spiro atoms. The fourth-order valence-electron chi connectivity index (χ4n) is 2.74. The maximum atomic E-state index is 6.08. The Morgan fingerprint density at radius 3 is 2.62 bits per heavy atom. The Morgan fingerprint density at radius 1 is 1.19 bits per heavy atom. The van der Waals surface area contributed by atoms with Crippen LogP contribution in [0.3, 0.4) is 0 Å². The van der Waals surface area contributed by atoms with E-state index in [1.807, 2.05) is 24.3 Å². The zero-order valence-electron chi connectivity index (χ0n) is 12.0. The number of nitrogens with two attached hydrogens (primary N) is 1. The van der Waals surface area contributed by atoms with E-state index >= 15 is 0 Å². The SMILES string of the molecule is CC1(c2cccc(-c3cccc(Cl)c3)c2)CNCC(N)O1. The van der Waals surface area contributed by atoms with Gasteiger partial charge in [0, 0.05) is 18.1 Å². The summed E-state index contributed by atoms with van der Waals surface area (Å²) in [5.41, 5.74) is 8.84. The van der Waals surface area contributed by atoms with E-state index in [1.165, 1.54) is 0 Å². The molecule has 4 heteroatoms. The van der Waals surface area contributed by atoms with E-state index in [0.717, 1.165) is 28.3 Å². The van der Waals surface area contributed by atoms with Crippen LogP contribution >= 0.6 is 11.6 Å². The van der Waals surface area contributed by atoms with Gasteiger partial charge in [-0.2, -0.15) is 0 Å². The highest BCUT2D eigenvalue weighted by molar-refractivity contribution is 6.30. The first-order valence-electron chi connectivity index (χ1n) is 7.07. The van der Waals surface area contributed by atoms with Crippen LogP contribution in [0.25, 0.3) is 11.1 Å². The second kappa shape index (κ2) is 5.78. The summed E-state index contributed by atoms with van der Waals surface area (Å²) in [6.07, 6.45) is -0.279. The molecule has 21 heavy (non-hydrogen) atoms. The van der Waals surface area contributed by atoms with E-state index < -0.39 is 5.60 Å². The summed E-state index contributed by atoms with van der Waals surface area (Å²) >= 11 is 6.08. The smallest absolute Gasteiger partial charge is 0.119 e. The number of hydrogen-bond acceptors (Lipinski definition) is 3. The molecule has 0 aromatic heterocycles. The summed E-state index contributed by atoms with van der Waals surface area (Å²) in [6, 6.07) is 16.2. The van der Waals surface area contributed by atoms with E-state index in [4.69, 9.17) is 22.1 Å². The van der Waals surface area contributed by atoms with Gasteiger partial charge in [-0.15, -0.1) is 0 Å². The Labute approximate surface area is 130 Å². The normalized spacial score (nSPS) is 25.8. The van der Waals surface area contributed by atoms with Crippen LogP contribution in [-0.2, 0) is 10.3 Å². The number of ether oxygens (including phenoxy) is 1. The molecule has 0 amide bonds. The molecule has 0 bridgehead atoms. The number of rotatable bonds is 2. The molecule has 3 rings (SSSR count). The van der Waals surface area contributed by atoms with Gasteiger partial charge in [-0.25, -0.2) is 0 Å². The summed E-state index contributed by atoms with van der Waals surface area (Å²) in [5, 5.41) is 4.06. The van der Waals surface area contributed by atoms with Crippen LogP contribution < -0.4 is 11.1 Å². The molecular formula is C17H19ClN2O. The Hall–Kier alpha value is -1.39. The van der Waals surface area contributed by atoms with Crippen LogP contribution in [0.15, 0.2) is 48.5 Å². The van der Waals surface area contributed by atoms with Crippen LogP contribution in [0.2, 0.25) is 5.02 Å². The van der Waals surface area contributed by atoms with Crippen molar-refractivity contribution in [2.24, 2.45) is 5.73 Å². The fraction of sp³-hybridized carbons (Fsp3) is 0.294. The third kappa shape index (κ3) is 3.11. The molecule has 2 atom stereocenters. The average Bonchev–Trinajstić information content (AvgIpc) is 2.47. The van der Waals surface area contributed by atoms with Crippen molar-refractivity contribution in [1.82, 2.24) is 5.32 Å². The summed E-state index contributed by atoms with van der Waals surface area (Å²) in [4.78, 5) is 0. The predicted molar refractivity (Wildman–Crippen MR) is 86.2 cm³/mol. The first-order chi connectivity index (χ1) is 10.1. The van der Waals surface area contributed by atoms with Gasteiger partial charge in [0.25, 0.3) is 0 Å². The lowest BCUT2D eigenvalue weighted by Gasteiger charge is -2.38. The highest BCUT2D eigenvalue weighted by Crippen LogP contribution is 2.31. The maximum absolute atomic E-state index is 6.08. The molecule has 0 radical (unpaired) electrons. The molecule has 2 unspecified atom stereocenters. The van der Waals surface area contributed by atoms with E-state index in [2.05, 4.69) is 36.5 Å². The van der Waals surface area contributed by atoms with Crippen LogP contribution in [0.5, 0.6) is 0 Å². The zero-order chi connectivity index (χ0) is 14.9. The minimum absolute atomic E-state index is 0.279. The number of hydrogen-bond donors (Lipinski definition) is 2. The van der Waals surface area contributed by atoms with Gasteiger partial charge in [-0.05, 0) is 41.8 Å². The molecule has 110 valence electrons. The average molecular weight is 303 g/mol.